The fourth-order valence-corrected chi connectivity index (χ4v) is 2.55. The Kier molecular flexibility index (Phi) is 7.40. The third-order valence-corrected chi connectivity index (χ3v) is 4.01. The van der Waals surface area contributed by atoms with Crippen LogP contribution in [0, 0.1) is 11.6 Å². The Hall–Kier alpha value is -2.83. The van der Waals surface area contributed by atoms with Crippen LogP contribution < -0.4 is 20.1 Å². The van der Waals surface area contributed by atoms with E-state index in [1.165, 1.54) is 19.2 Å². The van der Waals surface area contributed by atoms with Gasteiger partial charge in [0.2, 0.25) is 0 Å². The molecule has 0 bridgehead atoms. The van der Waals surface area contributed by atoms with Gasteiger partial charge in [0, 0.05) is 13.6 Å². The largest absolute Gasteiger partial charge is 0.494 e. The number of hydrogen-bond acceptors (Lipinski definition) is 3. The summed E-state index contributed by atoms with van der Waals surface area (Å²) in [5, 5.41) is 6.29. The minimum atomic E-state index is -0.420. The van der Waals surface area contributed by atoms with Crippen molar-refractivity contribution in [2.45, 2.75) is 26.4 Å². The molecule has 0 aliphatic rings. The molecule has 0 saturated heterocycles. The monoisotopic (exact) mass is 377 g/mol. The summed E-state index contributed by atoms with van der Waals surface area (Å²) in [5.74, 6) is 0.135. The molecular weight excluding hydrogens is 352 g/mol. The van der Waals surface area contributed by atoms with E-state index < -0.39 is 11.6 Å². The second kappa shape index (κ2) is 9.75. The standard InChI is InChI=1S/C20H25F2N3O2/c1-5-27-19-8-6-14(10-16(19)21)12-24-20(23-3)25-13(2)15-7-9-18(26-4)17(22)11-15/h6-11,13H,5,12H2,1-4H3,(H2,23,24,25). The van der Waals surface area contributed by atoms with Gasteiger partial charge in [-0.05, 0) is 49.2 Å². The molecule has 0 fully saturated rings. The van der Waals surface area contributed by atoms with E-state index in [1.54, 1.807) is 38.2 Å². The minimum absolute atomic E-state index is 0.186. The minimum Gasteiger partial charge on any atom is -0.494 e. The Morgan fingerprint density at radius 2 is 1.81 bits per heavy atom. The summed E-state index contributed by atoms with van der Waals surface area (Å²) >= 11 is 0. The average Bonchev–Trinajstić information content (AvgIpc) is 2.66. The first-order chi connectivity index (χ1) is 13.0. The van der Waals surface area contributed by atoms with Crippen molar-refractivity contribution in [2.75, 3.05) is 20.8 Å². The van der Waals surface area contributed by atoms with Gasteiger partial charge in [-0.15, -0.1) is 0 Å². The molecule has 0 saturated carbocycles. The van der Waals surface area contributed by atoms with Crippen LogP contribution in [0.3, 0.4) is 0 Å². The summed E-state index contributed by atoms with van der Waals surface area (Å²) in [6, 6.07) is 9.43. The van der Waals surface area contributed by atoms with Gasteiger partial charge in [-0.25, -0.2) is 8.78 Å². The maximum atomic E-state index is 13.9. The van der Waals surface area contributed by atoms with Crippen LogP contribution in [0.25, 0.3) is 0 Å². The van der Waals surface area contributed by atoms with Crippen LogP contribution in [0.1, 0.15) is 31.0 Å². The van der Waals surface area contributed by atoms with Gasteiger partial charge in [0.1, 0.15) is 0 Å². The highest BCUT2D eigenvalue weighted by atomic mass is 19.1. The fraction of sp³-hybridized carbons (Fsp3) is 0.350. The molecule has 0 aromatic heterocycles. The average molecular weight is 377 g/mol. The van der Waals surface area contributed by atoms with E-state index in [1.807, 2.05) is 6.92 Å². The van der Waals surface area contributed by atoms with Gasteiger partial charge in [0.15, 0.2) is 29.1 Å². The van der Waals surface area contributed by atoms with Gasteiger partial charge >= 0.3 is 0 Å². The molecule has 2 aromatic carbocycles. The first-order valence-corrected chi connectivity index (χ1v) is 8.70. The number of nitrogens with zero attached hydrogens (tertiary/aromatic N) is 1. The van der Waals surface area contributed by atoms with Crippen LogP contribution in [-0.2, 0) is 6.54 Å². The molecule has 5 nitrogen and oxygen atoms in total. The first kappa shape index (κ1) is 20.5. The van der Waals surface area contributed by atoms with E-state index in [4.69, 9.17) is 9.47 Å². The molecule has 0 amide bonds. The summed E-state index contributed by atoms with van der Waals surface area (Å²) in [5.41, 5.74) is 1.51. The van der Waals surface area contributed by atoms with E-state index in [9.17, 15) is 8.78 Å². The topological polar surface area (TPSA) is 54.9 Å². The lowest BCUT2D eigenvalue weighted by atomic mass is 10.1. The lowest BCUT2D eigenvalue weighted by Crippen LogP contribution is -2.38. The zero-order chi connectivity index (χ0) is 19.8. The van der Waals surface area contributed by atoms with E-state index >= 15 is 0 Å². The number of rotatable bonds is 7. The van der Waals surface area contributed by atoms with Gasteiger partial charge in [-0.2, -0.15) is 0 Å². The molecular formula is C20H25F2N3O2. The normalized spacial score (nSPS) is 12.4. The Labute approximate surface area is 158 Å². The molecule has 1 unspecified atom stereocenters. The van der Waals surface area contributed by atoms with Crippen molar-refractivity contribution in [2.24, 2.45) is 4.99 Å². The zero-order valence-electron chi connectivity index (χ0n) is 16.0. The van der Waals surface area contributed by atoms with Crippen molar-refractivity contribution in [3.05, 3.63) is 59.2 Å². The van der Waals surface area contributed by atoms with Crippen molar-refractivity contribution >= 4 is 5.96 Å². The van der Waals surface area contributed by atoms with Crippen LogP contribution in [-0.4, -0.2) is 26.7 Å². The first-order valence-electron chi connectivity index (χ1n) is 8.70. The van der Waals surface area contributed by atoms with Gasteiger partial charge in [0.25, 0.3) is 0 Å². The molecule has 0 spiro atoms. The number of nitrogens with one attached hydrogen (secondary N) is 2. The van der Waals surface area contributed by atoms with Crippen LogP contribution in [0.15, 0.2) is 41.4 Å². The lowest BCUT2D eigenvalue weighted by molar-refractivity contribution is 0.321. The summed E-state index contributed by atoms with van der Waals surface area (Å²) in [7, 11) is 3.06. The molecule has 2 N–H and O–H groups in total. The SMILES string of the molecule is CCOc1ccc(CNC(=NC)NC(C)c2ccc(OC)c(F)c2)cc1F. The number of halogens is 2. The number of ether oxygens (including phenoxy) is 2. The maximum absolute atomic E-state index is 13.9. The van der Waals surface area contributed by atoms with Crippen LogP contribution in [0.5, 0.6) is 11.5 Å². The fourth-order valence-electron chi connectivity index (χ4n) is 2.55. The Morgan fingerprint density at radius 3 is 2.41 bits per heavy atom. The molecule has 0 radical (unpaired) electrons. The maximum Gasteiger partial charge on any atom is 0.191 e. The smallest absolute Gasteiger partial charge is 0.191 e. The summed E-state index contributed by atoms with van der Waals surface area (Å²) in [6.07, 6.45) is 0. The van der Waals surface area contributed by atoms with E-state index in [2.05, 4.69) is 15.6 Å². The Morgan fingerprint density at radius 1 is 1.11 bits per heavy atom. The van der Waals surface area contributed by atoms with E-state index in [-0.39, 0.29) is 17.5 Å². The van der Waals surface area contributed by atoms with Crippen molar-refractivity contribution in [3.8, 4) is 11.5 Å². The third kappa shape index (κ3) is 5.57. The van der Waals surface area contributed by atoms with Crippen LogP contribution >= 0.6 is 0 Å². The number of benzene rings is 2. The van der Waals surface area contributed by atoms with Crippen molar-refractivity contribution in [1.29, 1.82) is 0 Å². The second-order valence-electron chi connectivity index (χ2n) is 5.88. The molecule has 146 valence electrons. The number of aliphatic imine (C=N–C) groups is 1. The Bertz CT molecular complexity index is 797. The van der Waals surface area contributed by atoms with Crippen molar-refractivity contribution in [1.82, 2.24) is 10.6 Å². The molecule has 27 heavy (non-hydrogen) atoms. The molecule has 2 rings (SSSR count). The van der Waals surface area contributed by atoms with Crippen LogP contribution in [0.2, 0.25) is 0 Å². The molecule has 2 aromatic rings. The van der Waals surface area contributed by atoms with E-state index in [0.717, 1.165) is 11.1 Å². The Balaban J connectivity index is 1.97. The molecule has 7 heteroatoms. The van der Waals surface area contributed by atoms with Gasteiger partial charge in [-0.1, -0.05) is 12.1 Å². The van der Waals surface area contributed by atoms with Gasteiger partial charge < -0.3 is 20.1 Å². The zero-order valence-corrected chi connectivity index (χ0v) is 16.0. The summed E-state index contributed by atoms with van der Waals surface area (Å²) in [4.78, 5) is 4.15. The van der Waals surface area contributed by atoms with Gasteiger partial charge in [0.05, 0.1) is 19.8 Å². The number of guanidine groups is 1. The molecule has 1 atom stereocenters. The van der Waals surface area contributed by atoms with E-state index in [0.29, 0.717) is 19.1 Å². The predicted octanol–water partition coefficient (Wildman–Crippen LogP) is 3.80. The number of methoxy groups -OCH3 is 1. The van der Waals surface area contributed by atoms with Crippen molar-refractivity contribution in [3.63, 3.8) is 0 Å². The summed E-state index contributed by atoms with van der Waals surface area (Å²) in [6.45, 7) is 4.49. The molecule has 0 aliphatic carbocycles. The van der Waals surface area contributed by atoms with Crippen LogP contribution in [0.4, 0.5) is 8.78 Å². The molecule has 0 aliphatic heterocycles. The lowest BCUT2D eigenvalue weighted by Gasteiger charge is -2.19. The number of hydrogen-bond donors (Lipinski definition) is 2. The summed E-state index contributed by atoms with van der Waals surface area (Å²) < 4.78 is 37.9. The van der Waals surface area contributed by atoms with Crippen molar-refractivity contribution < 1.29 is 18.3 Å². The second-order valence-corrected chi connectivity index (χ2v) is 5.88. The quantitative estimate of drug-likeness (QED) is 0.569. The highest BCUT2D eigenvalue weighted by Crippen LogP contribution is 2.22. The predicted molar refractivity (Wildman–Crippen MR) is 102 cm³/mol. The van der Waals surface area contributed by atoms with Gasteiger partial charge in [-0.3, -0.25) is 4.99 Å². The highest BCUT2D eigenvalue weighted by Gasteiger charge is 2.11. The third-order valence-electron chi connectivity index (χ3n) is 4.01. The highest BCUT2D eigenvalue weighted by molar-refractivity contribution is 5.80. The molecule has 0 heterocycles.